The Bertz CT molecular complexity index is 716. The van der Waals surface area contributed by atoms with Crippen molar-refractivity contribution in [1.29, 1.82) is 0 Å². The van der Waals surface area contributed by atoms with E-state index in [1.54, 1.807) is 19.1 Å². The maximum absolute atomic E-state index is 12.1. The summed E-state index contributed by atoms with van der Waals surface area (Å²) in [4.78, 5) is 23.1. The number of ether oxygens (including phenoxy) is 1. The lowest BCUT2D eigenvalue weighted by Gasteiger charge is -2.18. The van der Waals surface area contributed by atoms with E-state index in [0.717, 1.165) is 5.56 Å². The highest BCUT2D eigenvalue weighted by Gasteiger charge is 2.35. The molecule has 1 fully saturated rings. The topological polar surface area (TPSA) is 122 Å². The maximum Gasteiger partial charge on any atom is 0.332 e. The first-order chi connectivity index (χ1) is 11.2. The summed E-state index contributed by atoms with van der Waals surface area (Å²) in [7, 11) is -2.17. The lowest BCUT2D eigenvalue weighted by molar-refractivity contribution is -0.151. The standard InChI is InChI=1S/C15H20N2O6S/c1-9(10-3-5-11(6-4-10)24(21,22)16-2)17-14(18)12-7-8-13(23-12)15(19)20/h3-6,9,12-13,16H,7-8H2,1-2H3,(H,17,18)(H,19,20)/t9?,12-,13+/m0/s1. The van der Waals surface area contributed by atoms with Gasteiger partial charge in [-0.05, 0) is 44.5 Å². The molecule has 1 aliphatic rings. The molecule has 2 rings (SSSR count). The maximum atomic E-state index is 12.1. The van der Waals surface area contributed by atoms with Crippen LogP contribution in [-0.2, 0) is 24.3 Å². The van der Waals surface area contributed by atoms with Gasteiger partial charge in [-0.2, -0.15) is 0 Å². The average Bonchev–Trinajstić information content (AvgIpc) is 3.05. The number of sulfonamides is 1. The van der Waals surface area contributed by atoms with Crippen molar-refractivity contribution >= 4 is 21.9 Å². The summed E-state index contributed by atoms with van der Waals surface area (Å²) in [6.07, 6.45) is -1.06. The number of rotatable bonds is 6. The molecule has 8 nitrogen and oxygen atoms in total. The van der Waals surface area contributed by atoms with Gasteiger partial charge < -0.3 is 15.2 Å². The van der Waals surface area contributed by atoms with Crippen LogP contribution in [0.1, 0.15) is 31.4 Å². The molecule has 9 heteroatoms. The minimum Gasteiger partial charge on any atom is -0.479 e. The van der Waals surface area contributed by atoms with Gasteiger partial charge in [0, 0.05) is 0 Å². The van der Waals surface area contributed by atoms with E-state index in [4.69, 9.17) is 9.84 Å². The first kappa shape index (κ1) is 18.4. The van der Waals surface area contributed by atoms with Gasteiger partial charge in [0.05, 0.1) is 10.9 Å². The predicted molar refractivity (Wildman–Crippen MR) is 84.8 cm³/mol. The average molecular weight is 356 g/mol. The number of hydrogen-bond donors (Lipinski definition) is 3. The van der Waals surface area contributed by atoms with E-state index in [-0.39, 0.29) is 16.8 Å². The summed E-state index contributed by atoms with van der Waals surface area (Å²) in [6.45, 7) is 1.75. The molecule has 0 spiro atoms. The highest BCUT2D eigenvalue weighted by Crippen LogP contribution is 2.22. The van der Waals surface area contributed by atoms with E-state index in [1.807, 2.05) is 0 Å². The molecule has 0 saturated carbocycles. The molecule has 0 radical (unpaired) electrons. The van der Waals surface area contributed by atoms with Crippen LogP contribution in [0.3, 0.4) is 0 Å². The second-order valence-electron chi connectivity index (χ2n) is 5.54. The molecule has 1 heterocycles. The summed E-state index contributed by atoms with van der Waals surface area (Å²) in [5, 5.41) is 11.6. The van der Waals surface area contributed by atoms with Crippen LogP contribution in [0.25, 0.3) is 0 Å². The second kappa shape index (κ2) is 7.29. The van der Waals surface area contributed by atoms with Gasteiger partial charge in [-0.25, -0.2) is 17.9 Å². The fraction of sp³-hybridized carbons (Fsp3) is 0.467. The first-order valence-corrected chi connectivity index (χ1v) is 8.95. The van der Waals surface area contributed by atoms with Gasteiger partial charge in [-0.3, -0.25) is 4.79 Å². The van der Waals surface area contributed by atoms with Crippen molar-refractivity contribution in [1.82, 2.24) is 10.0 Å². The third kappa shape index (κ3) is 4.11. The molecule has 0 aliphatic carbocycles. The van der Waals surface area contributed by atoms with Crippen LogP contribution < -0.4 is 10.0 Å². The molecule has 24 heavy (non-hydrogen) atoms. The van der Waals surface area contributed by atoms with Gasteiger partial charge in [0.1, 0.15) is 6.10 Å². The largest absolute Gasteiger partial charge is 0.479 e. The minimum absolute atomic E-state index is 0.135. The second-order valence-corrected chi connectivity index (χ2v) is 7.42. The van der Waals surface area contributed by atoms with Crippen LogP contribution in [0.4, 0.5) is 0 Å². The Hall–Kier alpha value is -1.97. The number of carboxylic acids is 1. The first-order valence-electron chi connectivity index (χ1n) is 7.46. The van der Waals surface area contributed by atoms with Crippen molar-refractivity contribution in [2.75, 3.05) is 7.05 Å². The third-order valence-corrected chi connectivity index (χ3v) is 5.34. The van der Waals surface area contributed by atoms with E-state index in [2.05, 4.69) is 10.0 Å². The number of aliphatic carboxylic acids is 1. The van der Waals surface area contributed by atoms with Crippen LogP contribution >= 0.6 is 0 Å². The molecule has 132 valence electrons. The van der Waals surface area contributed by atoms with Gasteiger partial charge >= 0.3 is 5.97 Å². The van der Waals surface area contributed by atoms with Crippen LogP contribution in [0.2, 0.25) is 0 Å². The molecule has 1 aliphatic heterocycles. The zero-order valence-electron chi connectivity index (χ0n) is 13.4. The van der Waals surface area contributed by atoms with Crippen molar-refractivity contribution in [3.8, 4) is 0 Å². The fourth-order valence-corrected chi connectivity index (χ4v) is 3.18. The van der Waals surface area contributed by atoms with E-state index >= 15 is 0 Å². The minimum atomic E-state index is -3.50. The zero-order chi connectivity index (χ0) is 17.9. The Morgan fingerprint density at radius 1 is 1.21 bits per heavy atom. The molecular formula is C15H20N2O6S. The van der Waals surface area contributed by atoms with E-state index in [1.165, 1.54) is 19.2 Å². The number of benzene rings is 1. The molecular weight excluding hydrogens is 336 g/mol. The van der Waals surface area contributed by atoms with Gasteiger partial charge in [-0.1, -0.05) is 12.1 Å². The molecule has 1 aromatic carbocycles. The summed E-state index contributed by atoms with van der Waals surface area (Å²) in [5.74, 6) is -1.45. The van der Waals surface area contributed by atoms with E-state index in [9.17, 15) is 18.0 Å². The summed E-state index contributed by atoms with van der Waals surface area (Å²) in [5.41, 5.74) is 0.728. The van der Waals surface area contributed by atoms with Crippen LogP contribution in [-0.4, -0.2) is 44.7 Å². The van der Waals surface area contributed by atoms with Crippen molar-refractivity contribution < 1.29 is 27.9 Å². The van der Waals surface area contributed by atoms with E-state index in [0.29, 0.717) is 12.8 Å². The Balaban J connectivity index is 1.98. The quantitative estimate of drug-likeness (QED) is 0.678. The Labute approximate surface area is 140 Å². The molecule has 0 bridgehead atoms. The SMILES string of the molecule is CNS(=O)(=O)c1ccc(C(C)NC(=O)[C@@H]2CC[C@H](C(=O)O)O2)cc1. The number of carbonyl (C=O) groups is 2. The van der Waals surface area contributed by atoms with Crippen LogP contribution in [0, 0.1) is 0 Å². The smallest absolute Gasteiger partial charge is 0.332 e. The van der Waals surface area contributed by atoms with Crippen molar-refractivity contribution in [3.05, 3.63) is 29.8 Å². The van der Waals surface area contributed by atoms with Gasteiger partial charge in [0.2, 0.25) is 15.9 Å². The Kier molecular flexibility index (Phi) is 5.58. The monoisotopic (exact) mass is 356 g/mol. The Morgan fingerprint density at radius 3 is 2.29 bits per heavy atom. The number of nitrogens with one attached hydrogen (secondary N) is 2. The van der Waals surface area contributed by atoms with Crippen molar-refractivity contribution in [2.45, 2.75) is 42.9 Å². The molecule has 0 aromatic heterocycles. The molecule has 1 aromatic rings. The predicted octanol–water partition coefficient (Wildman–Crippen LogP) is 0.404. The molecule has 1 amide bonds. The van der Waals surface area contributed by atoms with Crippen LogP contribution in [0.5, 0.6) is 0 Å². The highest BCUT2D eigenvalue weighted by molar-refractivity contribution is 7.89. The lowest BCUT2D eigenvalue weighted by atomic mass is 10.1. The zero-order valence-corrected chi connectivity index (χ0v) is 14.2. The lowest BCUT2D eigenvalue weighted by Crippen LogP contribution is -2.37. The molecule has 1 unspecified atom stereocenters. The van der Waals surface area contributed by atoms with Gasteiger partial charge in [-0.15, -0.1) is 0 Å². The van der Waals surface area contributed by atoms with Crippen LogP contribution in [0.15, 0.2) is 29.2 Å². The number of amides is 1. The summed E-state index contributed by atoms with van der Waals surface area (Å²) in [6, 6.07) is 5.78. The third-order valence-electron chi connectivity index (χ3n) is 3.91. The normalized spacial score (nSPS) is 22.1. The number of carbonyl (C=O) groups excluding carboxylic acids is 1. The highest BCUT2D eigenvalue weighted by atomic mass is 32.2. The van der Waals surface area contributed by atoms with Crippen molar-refractivity contribution in [2.24, 2.45) is 0 Å². The molecule has 3 N–H and O–H groups in total. The summed E-state index contributed by atoms with van der Waals surface area (Å²) >= 11 is 0. The number of carboxylic acid groups (broad SMARTS) is 1. The summed E-state index contributed by atoms with van der Waals surface area (Å²) < 4.78 is 30.8. The number of hydrogen-bond acceptors (Lipinski definition) is 5. The van der Waals surface area contributed by atoms with Gasteiger partial charge in [0.25, 0.3) is 0 Å². The Morgan fingerprint density at radius 2 is 1.79 bits per heavy atom. The van der Waals surface area contributed by atoms with Gasteiger partial charge in [0.15, 0.2) is 6.10 Å². The van der Waals surface area contributed by atoms with Crippen molar-refractivity contribution in [3.63, 3.8) is 0 Å². The van der Waals surface area contributed by atoms with E-state index < -0.39 is 28.2 Å². The molecule has 1 saturated heterocycles. The molecule has 3 atom stereocenters. The fourth-order valence-electron chi connectivity index (χ4n) is 2.45.